The molecule has 2 amide bonds. The maximum Gasteiger partial charge on any atom is 0.252 e. The molecule has 0 aromatic heterocycles. The van der Waals surface area contributed by atoms with E-state index in [1.807, 2.05) is 6.07 Å². The first-order valence-corrected chi connectivity index (χ1v) is 7.86. The van der Waals surface area contributed by atoms with Gasteiger partial charge in [-0.15, -0.1) is 0 Å². The Morgan fingerprint density at radius 2 is 2.05 bits per heavy atom. The molecule has 1 aromatic rings. The van der Waals surface area contributed by atoms with Crippen LogP contribution in [0.15, 0.2) is 28.7 Å². The average Bonchev–Trinajstić information content (AvgIpc) is 2.42. The highest BCUT2D eigenvalue weighted by molar-refractivity contribution is 9.10. The molecule has 2 rings (SSSR count). The molecule has 0 heterocycles. The third kappa shape index (κ3) is 4.04. The summed E-state index contributed by atoms with van der Waals surface area (Å²) in [5.41, 5.74) is 0.502. The van der Waals surface area contributed by atoms with Crippen molar-refractivity contribution in [3.63, 3.8) is 0 Å². The van der Waals surface area contributed by atoms with E-state index >= 15 is 0 Å². The van der Waals surface area contributed by atoms with Crippen LogP contribution in [-0.4, -0.2) is 47.6 Å². The molecule has 1 saturated carbocycles. The van der Waals surface area contributed by atoms with E-state index in [0.717, 1.165) is 19.3 Å². The molecule has 5 nitrogen and oxygen atoms in total. The van der Waals surface area contributed by atoms with Gasteiger partial charge in [0.1, 0.15) is 0 Å². The van der Waals surface area contributed by atoms with Gasteiger partial charge in [0.25, 0.3) is 5.91 Å². The highest BCUT2D eigenvalue weighted by Gasteiger charge is 2.28. The number of benzene rings is 1. The number of nitrogens with zero attached hydrogens (tertiary/aromatic N) is 1. The first kappa shape index (κ1) is 16.0. The van der Waals surface area contributed by atoms with Crippen molar-refractivity contribution in [2.24, 2.45) is 0 Å². The third-order valence-electron chi connectivity index (χ3n) is 3.70. The molecule has 0 bridgehead atoms. The molecule has 1 fully saturated rings. The highest BCUT2D eigenvalue weighted by Crippen LogP contribution is 2.24. The number of hydrogen-bond acceptors (Lipinski definition) is 3. The lowest BCUT2D eigenvalue weighted by molar-refractivity contribution is -0.134. The zero-order chi connectivity index (χ0) is 15.2. The second-order valence-electron chi connectivity index (χ2n) is 5.06. The Morgan fingerprint density at radius 1 is 1.33 bits per heavy atom. The minimum absolute atomic E-state index is 0.0450. The van der Waals surface area contributed by atoms with E-state index in [-0.39, 0.29) is 31.0 Å². The fourth-order valence-corrected chi connectivity index (χ4v) is 2.78. The number of carbonyl (C=O) groups excluding carboxylic acids is 2. The number of carbonyl (C=O) groups is 2. The standard InChI is InChI=1S/C15H19BrN2O3/c16-13-7-2-1-6-12(13)15(21)17-10-14(20)18(8-9-19)11-4-3-5-11/h1-2,6-7,11,19H,3-5,8-10H2,(H,17,21). The van der Waals surface area contributed by atoms with E-state index in [9.17, 15) is 9.59 Å². The first-order valence-electron chi connectivity index (χ1n) is 7.06. The van der Waals surface area contributed by atoms with E-state index in [0.29, 0.717) is 16.6 Å². The number of hydrogen-bond donors (Lipinski definition) is 2. The lowest BCUT2D eigenvalue weighted by Crippen LogP contribution is -2.49. The number of aliphatic hydroxyl groups excluding tert-OH is 1. The summed E-state index contributed by atoms with van der Waals surface area (Å²) in [5, 5.41) is 11.7. The van der Waals surface area contributed by atoms with Gasteiger partial charge in [0.05, 0.1) is 18.7 Å². The summed E-state index contributed by atoms with van der Waals surface area (Å²) in [5.74, 6) is -0.428. The van der Waals surface area contributed by atoms with Gasteiger partial charge in [0.15, 0.2) is 0 Å². The Hall–Kier alpha value is -1.40. The Balaban J connectivity index is 1.90. The molecule has 0 unspecified atom stereocenters. The van der Waals surface area contributed by atoms with Crippen LogP contribution >= 0.6 is 15.9 Å². The van der Waals surface area contributed by atoms with Crippen molar-refractivity contribution in [2.45, 2.75) is 25.3 Å². The predicted octanol–water partition coefficient (Wildman–Crippen LogP) is 1.55. The smallest absolute Gasteiger partial charge is 0.252 e. The second-order valence-corrected chi connectivity index (χ2v) is 5.91. The van der Waals surface area contributed by atoms with Crippen molar-refractivity contribution in [1.29, 1.82) is 0 Å². The molecule has 2 N–H and O–H groups in total. The molecular weight excluding hydrogens is 336 g/mol. The molecule has 1 aliphatic rings. The molecule has 0 aliphatic heterocycles. The normalized spacial score (nSPS) is 14.4. The minimum atomic E-state index is -0.284. The van der Waals surface area contributed by atoms with Crippen molar-refractivity contribution in [1.82, 2.24) is 10.2 Å². The maximum absolute atomic E-state index is 12.2. The van der Waals surface area contributed by atoms with Gasteiger partial charge in [-0.05, 0) is 47.3 Å². The highest BCUT2D eigenvalue weighted by atomic mass is 79.9. The topological polar surface area (TPSA) is 69.6 Å². The lowest BCUT2D eigenvalue weighted by Gasteiger charge is -2.37. The molecule has 6 heteroatoms. The molecule has 1 aliphatic carbocycles. The summed E-state index contributed by atoms with van der Waals surface area (Å²) in [7, 11) is 0. The van der Waals surface area contributed by atoms with E-state index < -0.39 is 0 Å². The quantitative estimate of drug-likeness (QED) is 0.814. The van der Waals surface area contributed by atoms with Crippen LogP contribution in [0.2, 0.25) is 0 Å². The summed E-state index contributed by atoms with van der Waals surface area (Å²) in [6.07, 6.45) is 3.07. The third-order valence-corrected chi connectivity index (χ3v) is 4.39. The zero-order valence-corrected chi connectivity index (χ0v) is 13.3. The molecule has 0 atom stereocenters. The molecule has 0 radical (unpaired) electrons. The Morgan fingerprint density at radius 3 is 2.62 bits per heavy atom. The van der Waals surface area contributed by atoms with Crippen molar-refractivity contribution >= 4 is 27.7 Å². The van der Waals surface area contributed by atoms with Gasteiger partial charge in [0.2, 0.25) is 5.91 Å². The maximum atomic E-state index is 12.2. The minimum Gasteiger partial charge on any atom is -0.395 e. The summed E-state index contributed by atoms with van der Waals surface area (Å²) in [4.78, 5) is 25.9. The summed E-state index contributed by atoms with van der Waals surface area (Å²) in [6, 6.07) is 7.29. The number of aliphatic hydroxyl groups is 1. The van der Waals surface area contributed by atoms with Crippen LogP contribution in [0.25, 0.3) is 0 Å². The molecule has 0 saturated heterocycles. The van der Waals surface area contributed by atoms with E-state index in [2.05, 4.69) is 21.2 Å². The van der Waals surface area contributed by atoms with Crippen molar-refractivity contribution < 1.29 is 14.7 Å². The molecule has 0 spiro atoms. The van der Waals surface area contributed by atoms with E-state index in [4.69, 9.17) is 5.11 Å². The molecule has 1 aromatic carbocycles. The van der Waals surface area contributed by atoms with Crippen LogP contribution in [0.5, 0.6) is 0 Å². The van der Waals surface area contributed by atoms with Crippen LogP contribution < -0.4 is 5.32 Å². The first-order chi connectivity index (χ1) is 10.1. The average molecular weight is 355 g/mol. The molecular formula is C15H19BrN2O3. The van der Waals surface area contributed by atoms with Gasteiger partial charge >= 0.3 is 0 Å². The van der Waals surface area contributed by atoms with E-state index in [1.165, 1.54) is 0 Å². The summed E-state index contributed by atoms with van der Waals surface area (Å²) in [6.45, 7) is 0.228. The number of amides is 2. The fourth-order valence-electron chi connectivity index (χ4n) is 2.32. The second kappa shape index (κ2) is 7.56. The Labute approximate surface area is 132 Å². The number of halogens is 1. The largest absolute Gasteiger partial charge is 0.395 e. The van der Waals surface area contributed by atoms with E-state index in [1.54, 1.807) is 23.1 Å². The van der Waals surface area contributed by atoms with Crippen molar-refractivity contribution in [3.05, 3.63) is 34.3 Å². The van der Waals surface area contributed by atoms with Crippen LogP contribution in [0.1, 0.15) is 29.6 Å². The Bertz CT molecular complexity index is 517. The van der Waals surface area contributed by atoms with Crippen LogP contribution in [0.3, 0.4) is 0 Å². The van der Waals surface area contributed by atoms with Gasteiger partial charge < -0.3 is 15.3 Å². The summed E-state index contributed by atoms with van der Waals surface area (Å²) >= 11 is 3.31. The predicted molar refractivity (Wildman–Crippen MR) is 82.9 cm³/mol. The monoisotopic (exact) mass is 354 g/mol. The van der Waals surface area contributed by atoms with Crippen LogP contribution in [0, 0.1) is 0 Å². The van der Waals surface area contributed by atoms with Gasteiger partial charge in [-0.3, -0.25) is 9.59 Å². The molecule has 21 heavy (non-hydrogen) atoms. The van der Waals surface area contributed by atoms with Gasteiger partial charge in [-0.1, -0.05) is 12.1 Å². The lowest BCUT2D eigenvalue weighted by atomic mass is 9.91. The van der Waals surface area contributed by atoms with Crippen LogP contribution in [-0.2, 0) is 4.79 Å². The summed E-state index contributed by atoms with van der Waals surface area (Å²) < 4.78 is 0.696. The van der Waals surface area contributed by atoms with Crippen LogP contribution in [0.4, 0.5) is 0 Å². The number of nitrogens with one attached hydrogen (secondary N) is 1. The SMILES string of the molecule is O=C(NCC(=O)N(CCO)C1CCC1)c1ccccc1Br. The fraction of sp³-hybridized carbons (Fsp3) is 0.467. The van der Waals surface area contributed by atoms with Gasteiger partial charge in [0, 0.05) is 17.1 Å². The molecule has 114 valence electrons. The van der Waals surface area contributed by atoms with Crippen molar-refractivity contribution in [3.8, 4) is 0 Å². The Kier molecular flexibility index (Phi) is 5.76. The van der Waals surface area contributed by atoms with Gasteiger partial charge in [-0.25, -0.2) is 0 Å². The van der Waals surface area contributed by atoms with Crippen molar-refractivity contribution in [2.75, 3.05) is 19.7 Å². The zero-order valence-electron chi connectivity index (χ0n) is 11.7. The van der Waals surface area contributed by atoms with Gasteiger partial charge in [-0.2, -0.15) is 0 Å². The number of rotatable bonds is 6.